The van der Waals surface area contributed by atoms with Crippen molar-refractivity contribution < 1.29 is 38.2 Å². The summed E-state index contributed by atoms with van der Waals surface area (Å²) < 4.78 is 17.2. The second-order valence-corrected chi connectivity index (χ2v) is 15.6. The van der Waals surface area contributed by atoms with Crippen LogP contribution in [0.2, 0.25) is 0 Å². The fourth-order valence-corrected chi connectivity index (χ4v) is 6.11. The summed E-state index contributed by atoms with van der Waals surface area (Å²) in [7, 11) is 5.51. The summed E-state index contributed by atoms with van der Waals surface area (Å²) in [6.45, 7) is 4.55. The van der Waals surface area contributed by atoms with E-state index in [4.69, 9.17) is 14.2 Å². The van der Waals surface area contributed by atoms with Crippen molar-refractivity contribution >= 4 is 17.9 Å². The number of ether oxygens (including phenoxy) is 3. The molecule has 0 heterocycles. The van der Waals surface area contributed by atoms with Gasteiger partial charge in [-0.15, -0.1) is 0 Å². The number of esters is 2. The number of hydrogen-bond acceptors (Lipinski definition) is 6. The first kappa shape index (κ1) is 51.3. The molecule has 0 spiro atoms. The van der Waals surface area contributed by atoms with Gasteiger partial charge in [0.25, 0.3) is 0 Å². The Hall–Kier alpha value is -2.71. The lowest BCUT2D eigenvalue weighted by Gasteiger charge is -2.31. The fourth-order valence-electron chi connectivity index (χ4n) is 6.11. The summed E-state index contributed by atoms with van der Waals surface area (Å²) in [5.41, 5.74) is 0. The maximum absolute atomic E-state index is 12.7. The number of rotatable bonds is 38. The van der Waals surface area contributed by atoms with Crippen LogP contribution in [0.15, 0.2) is 48.6 Å². The SMILES string of the molecule is CC/C=C/C/C=C/C/C=C/CCCCCCCCCCCCCC(=O)OC(COCCC(C(=O)O)[N+](C)(C)C)COC(=O)CCC/C=C/CCCCCC. The van der Waals surface area contributed by atoms with Crippen LogP contribution in [0.4, 0.5) is 0 Å². The number of aliphatic carboxylic acids is 1. The third kappa shape index (κ3) is 35.0. The number of allylic oxidation sites excluding steroid dienone is 8. The maximum atomic E-state index is 12.7. The van der Waals surface area contributed by atoms with Crippen LogP contribution in [0.25, 0.3) is 0 Å². The van der Waals surface area contributed by atoms with E-state index in [0.29, 0.717) is 25.7 Å². The summed E-state index contributed by atoms with van der Waals surface area (Å²) in [5, 5.41) is 9.60. The van der Waals surface area contributed by atoms with Crippen molar-refractivity contribution in [3.05, 3.63) is 48.6 Å². The van der Waals surface area contributed by atoms with Gasteiger partial charge in [-0.1, -0.05) is 140 Å². The molecule has 8 nitrogen and oxygen atoms in total. The minimum Gasteiger partial charge on any atom is -0.477 e. The first-order valence-electron chi connectivity index (χ1n) is 21.7. The van der Waals surface area contributed by atoms with Crippen LogP contribution in [0.1, 0.15) is 174 Å². The third-order valence-electron chi connectivity index (χ3n) is 9.46. The van der Waals surface area contributed by atoms with Gasteiger partial charge in [-0.3, -0.25) is 9.59 Å². The van der Waals surface area contributed by atoms with Crippen LogP contribution in [0, 0.1) is 0 Å². The van der Waals surface area contributed by atoms with Crippen molar-refractivity contribution in [2.24, 2.45) is 0 Å². The Labute approximate surface area is 331 Å². The first-order chi connectivity index (χ1) is 26.1. The van der Waals surface area contributed by atoms with E-state index in [0.717, 1.165) is 51.4 Å². The molecule has 2 unspecified atom stereocenters. The Morgan fingerprint density at radius 3 is 1.61 bits per heavy atom. The second kappa shape index (κ2) is 37.2. The largest absolute Gasteiger partial charge is 0.477 e. The quantitative estimate of drug-likeness (QED) is 0.0289. The van der Waals surface area contributed by atoms with Crippen LogP contribution >= 0.6 is 0 Å². The van der Waals surface area contributed by atoms with E-state index < -0.39 is 18.1 Å². The van der Waals surface area contributed by atoms with Gasteiger partial charge in [0.1, 0.15) is 6.61 Å². The molecule has 2 atom stereocenters. The Balaban J connectivity index is 4.27. The Morgan fingerprint density at radius 1 is 0.574 bits per heavy atom. The zero-order valence-corrected chi connectivity index (χ0v) is 35.4. The van der Waals surface area contributed by atoms with Crippen LogP contribution in [0.3, 0.4) is 0 Å². The molecule has 0 amide bonds. The zero-order chi connectivity index (χ0) is 40.0. The third-order valence-corrected chi connectivity index (χ3v) is 9.46. The number of carbonyl (C=O) groups excluding carboxylic acids is 2. The van der Waals surface area contributed by atoms with E-state index >= 15 is 0 Å². The lowest BCUT2D eigenvalue weighted by atomic mass is 10.0. The molecule has 0 saturated carbocycles. The standard InChI is InChI=1S/C46H81NO7/c1-6-8-10-12-14-16-17-18-19-20-21-22-23-24-25-26-27-29-31-33-35-37-45(49)54-42(40-52-39-38-43(46(50)51)47(3,4)5)41-53-44(48)36-34-32-30-28-15-13-11-9-7-2/h8,10,14,16,18-19,28,30,42-43H,6-7,9,11-13,15,17,20-27,29,31-41H2,1-5H3/p+1/b10-8+,16-14+,19-18+,30-28+. The van der Waals surface area contributed by atoms with Crippen molar-refractivity contribution in [2.75, 3.05) is 41.0 Å². The van der Waals surface area contributed by atoms with Crippen LogP contribution in [-0.2, 0) is 28.6 Å². The average Bonchev–Trinajstić information content (AvgIpc) is 3.12. The molecule has 1 N–H and O–H groups in total. The number of nitrogens with zero attached hydrogens (tertiary/aromatic N) is 1. The topological polar surface area (TPSA) is 99.1 Å². The number of hydrogen-bond donors (Lipinski definition) is 1. The summed E-state index contributed by atoms with van der Waals surface area (Å²) in [4.78, 5) is 36.8. The van der Waals surface area contributed by atoms with Crippen LogP contribution in [-0.4, -0.2) is 80.6 Å². The number of carboxylic acid groups (broad SMARTS) is 1. The molecule has 0 aliphatic heterocycles. The Kier molecular flexibility index (Phi) is 35.4. The van der Waals surface area contributed by atoms with Gasteiger partial charge >= 0.3 is 17.9 Å². The van der Waals surface area contributed by atoms with E-state index in [-0.39, 0.29) is 36.2 Å². The maximum Gasteiger partial charge on any atom is 0.362 e. The predicted octanol–water partition coefficient (Wildman–Crippen LogP) is 11.6. The van der Waals surface area contributed by atoms with Gasteiger partial charge in [0.2, 0.25) is 0 Å². The van der Waals surface area contributed by atoms with Crippen molar-refractivity contribution in [3.8, 4) is 0 Å². The van der Waals surface area contributed by atoms with Gasteiger partial charge < -0.3 is 23.8 Å². The molecule has 0 rings (SSSR count). The fraction of sp³-hybridized carbons (Fsp3) is 0.761. The van der Waals surface area contributed by atoms with E-state index in [1.165, 1.54) is 83.5 Å². The molecule has 312 valence electrons. The van der Waals surface area contributed by atoms with Crippen LogP contribution < -0.4 is 0 Å². The summed E-state index contributed by atoms with van der Waals surface area (Å²) in [6.07, 6.45) is 43.1. The van der Waals surface area contributed by atoms with Crippen molar-refractivity contribution in [1.29, 1.82) is 0 Å². The van der Waals surface area contributed by atoms with Crippen LogP contribution in [0.5, 0.6) is 0 Å². The molecule has 8 heteroatoms. The molecule has 0 aliphatic rings. The number of carbonyl (C=O) groups is 3. The normalized spacial score (nSPS) is 13.4. The molecule has 0 aromatic heterocycles. The molecular weight excluding hydrogens is 679 g/mol. The first-order valence-corrected chi connectivity index (χ1v) is 21.7. The molecular formula is C46H82NO7+. The lowest BCUT2D eigenvalue weighted by molar-refractivity contribution is -0.887. The van der Waals surface area contributed by atoms with Crippen molar-refractivity contribution in [1.82, 2.24) is 0 Å². The van der Waals surface area contributed by atoms with Gasteiger partial charge in [0.05, 0.1) is 34.4 Å². The highest BCUT2D eigenvalue weighted by molar-refractivity contribution is 5.72. The smallest absolute Gasteiger partial charge is 0.362 e. The highest BCUT2D eigenvalue weighted by atomic mass is 16.6. The molecule has 0 aromatic carbocycles. The van der Waals surface area contributed by atoms with E-state index in [1.54, 1.807) is 0 Å². The summed E-state index contributed by atoms with van der Waals surface area (Å²) >= 11 is 0. The Bertz CT molecular complexity index is 1030. The van der Waals surface area contributed by atoms with Gasteiger partial charge in [-0.05, 0) is 64.2 Å². The molecule has 0 aromatic rings. The number of carboxylic acids is 1. The van der Waals surface area contributed by atoms with Gasteiger partial charge in [-0.25, -0.2) is 4.79 Å². The van der Waals surface area contributed by atoms with Gasteiger partial charge in [0, 0.05) is 19.3 Å². The summed E-state index contributed by atoms with van der Waals surface area (Å²) in [5.74, 6) is -1.52. The highest BCUT2D eigenvalue weighted by Gasteiger charge is 2.31. The van der Waals surface area contributed by atoms with Crippen molar-refractivity contribution in [3.63, 3.8) is 0 Å². The minimum atomic E-state index is -0.880. The molecule has 0 fully saturated rings. The summed E-state index contributed by atoms with van der Waals surface area (Å²) in [6, 6.07) is -0.617. The average molecular weight is 761 g/mol. The number of likely N-dealkylation sites (N-methyl/N-ethyl adjacent to an activating group) is 1. The molecule has 0 bridgehead atoms. The number of unbranched alkanes of at least 4 members (excludes halogenated alkanes) is 16. The molecule has 0 radical (unpaired) electrons. The van der Waals surface area contributed by atoms with Gasteiger partial charge in [0.15, 0.2) is 12.1 Å². The molecule has 54 heavy (non-hydrogen) atoms. The zero-order valence-electron chi connectivity index (χ0n) is 35.4. The lowest BCUT2D eigenvalue weighted by Crippen LogP contribution is -2.50. The highest BCUT2D eigenvalue weighted by Crippen LogP contribution is 2.14. The van der Waals surface area contributed by atoms with E-state index in [2.05, 4.69) is 62.5 Å². The number of quaternary nitrogens is 1. The molecule has 0 aliphatic carbocycles. The monoisotopic (exact) mass is 761 g/mol. The molecule has 0 saturated heterocycles. The van der Waals surface area contributed by atoms with E-state index in [1.807, 2.05) is 21.1 Å². The minimum absolute atomic E-state index is 0.0514. The second-order valence-electron chi connectivity index (χ2n) is 15.6. The predicted molar refractivity (Wildman–Crippen MR) is 224 cm³/mol. The Morgan fingerprint density at radius 2 is 1.06 bits per heavy atom. The van der Waals surface area contributed by atoms with E-state index in [9.17, 15) is 19.5 Å². The van der Waals surface area contributed by atoms with Gasteiger partial charge in [-0.2, -0.15) is 0 Å². The van der Waals surface area contributed by atoms with Crippen molar-refractivity contribution in [2.45, 2.75) is 187 Å².